The number of aryl methyl sites for hydroxylation is 1. The highest BCUT2D eigenvalue weighted by atomic mass is 32.2. The number of ether oxygens (including phenoxy) is 1. The molecule has 0 bridgehead atoms. The Morgan fingerprint density at radius 1 is 1.36 bits per heavy atom. The van der Waals surface area contributed by atoms with Crippen LogP contribution in [0, 0.1) is 6.92 Å². The number of hydrogen-bond donors (Lipinski definition) is 1. The number of likely N-dealkylation sites (N-methyl/N-ethyl adjacent to an activating group) is 1. The van der Waals surface area contributed by atoms with Crippen LogP contribution in [-0.2, 0) is 19.7 Å². The van der Waals surface area contributed by atoms with Crippen molar-refractivity contribution in [1.82, 2.24) is 9.62 Å². The fraction of sp³-hybridized carbons (Fsp3) is 0.412. The summed E-state index contributed by atoms with van der Waals surface area (Å²) in [6, 6.07) is 7.31. The third-order valence-corrected chi connectivity index (χ3v) is 5.58. The highest BCUT2D eigenvalue weighted by molar-refractivity contribution is 7.88. The van der Waals surface area contributed by atoms with Crippen molar-refractivity contribution in [2.75, 3.05) is 20.2 Å². The minimum absolute atomic E-state index is 0.0136. The van der Waals surface area contributed by atoms with Gasteiger partial charge in [-0.1, -0.05) is 29.8 Å². The molecule has 1 fully saturated rings. The number of amides is 1. The molecule has 1 saturated heterocycles. The van der Waals surface area contributed by atoms with Crippen LogP contribution in [0.15, 0.2) is 40.4 Å². The number of benzene rings is 1. The van der Waals surface area contributed by atoms with Crippen LogP contribution in [0.4, 0.5) is 0 Å². The monoisotopic (exact) mass is 363 g/mol. The van der Waals surface area contributed by atoms with Crippen LogP contribution in [0.1, 0.15) is 24.0 Å². The molecular weight excluding hydrogens is 342 g/mol. The first-order chi connectivity index (χ1) is 11.9. The van der Waals surface area contributed by atoms with Crippen molar-refractivity contribution in [1.29, 1.82) is 0 Å². The van der Waals surface area contributed by atoms with Gasteiger partial charge in [0, 0.05) is 25.8 Å². The Bertz CT molecular complexity index is 822. The van der Waals surface area contributed by atoms with Gasteiger partial charge in [0.15, 0.2) is 0 Å². The zero-order chi connectivity index (χ0) is 18.0. The molecule has 2 heterocycles. The maximum atomic E-state index is 12.5. The van der Waals surface area contributed by atoms with Gasteiger partial charge in [-0.3, -0.25) is 4.79 Å². The number of carbonyl (C=O) groups is 1. The lowest BCUT2D eigenvalue weighted by Crippen LogP contribution is -2.40. The van der Waals surface area contributed by atoms with Crippen LogP contribution in [0.3, 0.4) is 0 Å². The molecule has 1 amide bonds. The van der Waals surface area contributed by atoms with Crippen molar-refractivity contribution in [3.63, 3.8) is 0 Å². The third kappa shape index (κ3) is 3.91. The van der Waals surface area contributed by atoms with Gasteiger partial charge < -0.3 is 10.1 Å². The zero-order valence-corrected chi connectivity index (χ0v) is 15.0. The maximum absolute atomic E-state index is 12.5. The van der Waals surface area contributed by atoms with Gasteiger partial charge >= 0.3 is 10.2 Å². The molecule has 1 aromatic rings. The lowest BCUT2D eigenvalue weighted by Gasteiger charge is -2.24. The van der Waals surface area contributed by atoms with E-state index in [0.717, 1.165) is 22.7 Å². The average Bonchev–Trinajstić information content (AvgIpc) is 3.09. The molecule has 3 rings (SSSR count). The molecule has 0 aliphatic carbocycles. The number of carbonyl (C=O) groups excluding carboxylic acids is 1. The molecule has 25 heavy (non-hydrogen) atoms. The van der Waals surface area contributed by atoms with Crippen molar-refractivity contribution >= 4 is 21.8 Å². The third-order valence-electron chi connectivity index (χ3n) is 4.27. The number of rotatable bonds is 4. The predicted octanol–water partition coefficient (Wildman–Crippen LogP) is 1.15. The molecule has 1 atom stereocenters. The van der Waals surface area contributed by atoms with E-state index >= 15 is 0 Å². The van der Waals surface area contributed by atoms with Crippen molar-refractivity contribution in [2.45, 2.75) is 25.9 Å². The topological polar surface area (TPSA) is 88.1 Å². The summed E-state index contributed by atoms with van der Waals surface area (Å²) in [7, 11) is -2.62. The van der Waals surface area contributed by atoms with E-state index in [1.807, 2.05) is 19.1 Å². The summed E-state index contributed by atoms with van der Waals surface area (Å²) in [6.45, 7) is 3.00. The van der Waals surface area contributed by atoms with Crippen LogP contribution in [-0.4, -0.2) is 50.6 Å². The molecule has 8 heteroatoms. The number of allylic oxidation sites excluding steroid dienone is 1. The fourth-order valence-electron chi connectivity index (χ4n) is 2.73. The van der Waals surface area contributed by atoms with Gasteiger partial charge in [0.1, 0.15) is 5.70 Å². The van der Waals surface area contributed by atoms with Gasteiger partial charge in [-0.25, -0.2) is 4.31 Å². The van der Waals surface area contributed by atoms with E-state index in [0.29, 0.717) is 18.7 Å². The van der Waals surface area contributed by atoms with Crippen LogP contribution >= 0.6 is 0 Å². The Balaban J connectivity index is 1.84. The molecule has 2 aliphatic heterocycles. The quantitative estimate of drug-likeness (QED) is 0.869. The van der Waals surface area contributed by atoms with E-state index in [1.165, 1.54) is 13.1 Å². The second kappa shape index (κ2) is 6.97. The highest BCUT2D eigenvalue weighted by Crippen LogP contribution is 2.20. The smallest absolute Gasteiger partial charge is 0.345 e. The molecule has 134 valence electrons. The van der Waals surface area contributed by atoms with Crippen LogP contribution in [0.5, 0.6) is 0 Å². The van der Waals surface area contributed by atoms with Gasteiger partial charge in [-0.05, 0) is 25.8 Å². The molecule has 0 aromatic heterocycles. The lowest BCUT2D eigenvalue weighted by atomic mass is 10.1. The highest BCUT2D eigenvalue weighted by Gasteiger charge is 2.30. The summed E-state index contributed by atoms with van der Waals surface area (Å²) in [5, 5.41) is 2.75. The van der Waals surface area contributed by atoms with Crippen molar-refractivity contribution < 1.29 is 17.9 Å². The Kier molecular flexibility index (Phi) is 4.91. The Morgan fingerprint density at radius 2 is 2.08 bits per heavy atom. The largest absolute Gasteiger partial charge is 0.376 e. The standard InChI is InChI=1S/C17H21N3O4S/c1-12-5-7-13(8-6-12)15-10-16(20(2)25(22,23)19-15)17(21)18-11-14-4-3-9-24-14/h5-8,10,14H,3-4,9,11H2,1-2H3,(H,18,21)/t14-/m0/s1. The minimum atomic E-state index is -3.94. The van der Waals surface area contributed by atoms with Gasteiger partial charge in [-0.15, -0.1) is 4.40 Å². The van der Waals surface area contributed by atoms with Gasteiger partial charge in [0.25, 0.3) is 5.91 Å². The molecule has 2 aliphatic rings. The summed E-state index contributed by atoms with van der Waals surface area (Å²) >= 11 is 0. The molecule has 1 aromatic carbocycles. The normalized spacial score (nSPS) is 22.3. The van der Waals surface area contributed by atoms with E-state index in [9.17, 15) is 13.2 Å². The summed E-state index contributed by atoms with van der Waals surface area (Å²) in [4.78, 5) is 12.5. The zero-order valence-electron chi connectivity index (χ0n) is 14.2. The van der Waals surface area contributed by atoms with E-state index in [1.54, 1.807) is 12.1 Å². The molecule has 0 radical (unpaired) electrons. The van der Waals surface area contributed by atoms with E-state index in [-0.39, 0.29) is 17.5 Å². The van der Waals surface area contributed by atoms with Crippen LogP contribution in [0.25, 0.3) is 0 Å². The summed E-state index contributed by atoms with van der Waals surface area (Å²) < 4.78 is 34.8. The first-order valence-corrected chi connectivity index (χ1v) is 9.54. The average molecular weight is 363 g/mol. The number of nitrogens with zero attached hydrogens (tertiary/aromatic N) is 2. The molecule has 7 nitrogen and oxygen atoms in total. The lowest BCUT2D eigenvalue weighted by molar-refractivity contribution is -0.118. The Hall–Kier alpha value is -2.19. The van der Waals surface area contributed by atoms with Crippen molar-refractivity contribution in [3.8, 4) is 0 Å². The predicted molar refractivity (Wildman–Crippen MR) is 94.5 cm³/mol. The number of hydrogen-bond acceptors (Lipinski definition) is 4. The molecular formula is C17H21N3O4S. The van der Waals surface area contributed by atoms with E-state index in [2.05, 4.69) is 9.71 Å². The summed E-state index contributed by atoms with van der Waals surface area (Å²) in [5.74, 6) is -0.457. The van der Waals surface area contributed by atoms with Crippen molar-refractivity contribution in [2.24, 2.45) is 4.40 Å². The van der Waals surface area contributed by atoms with E-state index in [4.69, 9.17) is 4.74 Å². The SMILES string of the molecule is Cc1ccc(C2=NS(=O)(=O)N(C)C(C(=O)NC[C@@H]3CCCO3)=C2)cc1. The molecule has 0 saturated carbocycles. The van der Waals surface area contributed by atoms with Crippen molar-refractivity contribution in [3.05, 3.63) is 47.2 Å². The van der Waals surface area contributed by atoms with Crippen LogP contribution in [0.2, 0.25) is 0 Å². The van der Waals surface area contributed by atoms with Gasteiger partial charge in [-0.2, -0.15) is 8.42 Å². The van der Waals surface area contributed by atoms with Crippen LogP contribution < -0.4 is 5.32 Å². The summed E-state index contributed by atoms with van der Waals surface area (Å²) in [5.41, 5.74) is 1.99. The Morgan fingerprint density at radius 3 is 2.72 bits per heavy atom. The number of nitrogens with one attached hydrogen (secondary N) is 1. The summed E-state index contributed by atoms with van der Waals surface area (Å²) in [6.07, 6.45) is 3.35. The second-order valence-electron chi connectivity index (χ2n) is 6.16. The maximum Gasteiger partial charge on any atom is 0.345 e. The molecule has 0 unspecified atom stereocenters. The Labute approximate surface area is 147 Å². The molecule has 1 N–H and O–H groups in total. The molecule has 0 spiro atoms. The fourth-order valence-corrected chi connectivity index (χ4v) is 3.64. The van der Waals surface area contributed by atoms with Gasteiger partial charge in [0.05, 0.1) is 11.8 Å². The first kappa shape index (κ1) is 17.6. The van der Waals surface area contributed by atoms with E-state index < -0.39 is 16.1 Å². The minimum Gasteiger partial charge on any atom is -0.376 e. The first-order valence-electron chi connectivity index (χ1n) is 8.14. The second-order valence-corrected chi connectivity index (χ2v) is 7.79. The van der Waals surface area contributed by atoms with Gasteiger partial charge in [0.2, 0.25) is 0 Å².